The van der Waals surface area contributed by atoms with E-state index in [0.29, 0.717) is 58.5 Å². The number of carboxylic acid groups (broad SMARTS) is 1. The van der Waals surface area contributed by atoms with Crippen LogP contribution in [0.2, 0.25) is 0 Å². The van der Waals surface area contributed by atoms with Gasteiger partial charge in [0.05, 0.1) is 22.3 Å². The highest BCUT2D eigenvalue weighted by Crippen LogP contribution is 2.48. The Bertz CT molecular complexity index is 1870. The zero-order valence-corrected chi connectivity index (χ0v) is 23.9. The van der Waals surface area contributed by atoms with Gasteiger partial charge in [0.1, 0.15) is 24.1 Å². The third-order valence-electron chi connectivity index (χ3n) is 8.36. The molecule has 0 amide bonds. The molecule has 1 fully saturated rings. The molecule has 0 spiro atoms. The molecular weight excluding hydrogens is 574 g/mol. The Hall–Kier alpha value is -4.73. The van der Waals surface area contributed by atoms with Crippen LogP contribution < -0.4 is 4.74 Å². The molecular formula is C34H29F4N3O3. The molecule has 0 atom stereocenters. The second-order valence-corrected chi connectivity index (χ2v) is 11.4. The minimum absolute atomic E-state index is 0.0151. The topological polar surface area (TPSA) is 77.2 Å². The summed E-state index contributed by atoms with van der Waals surface area (Å²) in [6, 6.07) is 18.9. The highest BCUT2D eigenvalue weighted by Gasteiger charge is 2.46. The van der Waals surface area contributed by atoms with E-state index in [-0.39, 0.29) is 36.8 Å². The van der Waals surface area contributed by atoms with Crippen LogP contribution in [0.4, 0.5) is 17.6 Å². The fraction of sp³-hybridized carbons (Fsp3) is 0.265. The number of nitrogens with zero attached hydrogens (tertiary/aromatic N) is 3. The predicted molar refractivity (Wildman–Crippen MR) is 157 cm³/mol. The molecule has 6 rings (SSSR count). The van der Waals surface area contributed by atoms with E-state index in [4.69, 9.17) is 4.74 Å². The van der Waals surface area contributed by atoms with Crippen molar-refractivity contribution in [3.63, 3.8) is 0 Å². The summed E-state index contributed by atoms with van der Waals surface area (Å²) in [5, 5.41) is 9.50. The van der Waals surface area contributed by atoms with E-state index in [1.165, 1.54) is 24.3 Å². The number of pyridine rings is 1. The SMILES string of the molecule is Cc1ccc(COc2cccc(-c3ccc(Cc4nc5ccc(C(=O)O)cc5n4CC4(C(F)F)CCC4)c(F)c3)n2)c(F)c1. The van der Waals surface area contributed by atoms with Gasteiger partial charge in [0.25, 0.3) is 0 Å². The molecule has 44 heavy (non-hydrogen) atoms. The Morgan fingerprint density at radius 3 is 2.43 bits per heavy atom. The standard InChI is InChI=1S/C34H29F4N3O3/c1-20-6-7-24(25(35)14-20)18-44-31-5-2-4-27(40-31)22-9-8-21(26(36)15-22)17-30-39-28-11-10-23(32(42)43)16-29(28)41(30)19-34(33(37)38)12-3-13-34/h2,4-11,14-16,33H,3,12-13,17-19H2,1H3,(H,42,43). The number of hydrogen-bond donors (Lipinski definition) is 1. The van der Waals surface area contributed by atoms with Crippen LogP contribution in [0.5, 0.6) is 5.88 Å². The third kappa shape index (κ3) is 5.76. The van der Waals surface area contributed by atoms with Crippen LogP contribution in [0.25, 0.3) is 22.3 Å². The number of aryl methyl sites for hydroxylation is 1. The fourth-order valence-corrected chi connectivity index (χ4v) is 5.61. The molecule has 6 nitrogen and oxygen atoms in total. The first-order chi connectivity index (χ1) is 21.1. The van der Waals surface area contributed by atoms with Crippen molar-refractivity contribution in [3.05, 3.63) is 113 Å². The summed E-state index contributed by atoms with van der Waals surface area (Å²) in [5.74, 6) is -1.41. The lowest BCUT2D eigenvalue weighted by atomic mass is 9.69. The number of aromatic carboxylic acids is 1. The summed E-state index contributed by atoms with van der Waals surface area (Å²) in [4.78, 5) is 20.7. The Labute approximate surface area is 251 Å². The second-order valence-electron chi connectivity index (χ2n) is 11.4. The van der Waals surface area contributed by atoms with E-state index < -0.39 is 23.6 Å². The number of imidazole rings is 1. The van der Waals surface area contributed by atoms with E-state index in [2.05, 4.69) is 9.97 Å². The molecule has 1 saturated carbocycles. The number of hydrogen-bond acceptors (Lipinski definition) is 4. The van der Waals surface area contributed by atoms with Gasteiger partial charge in [-0.2, -0.15) is 0 Å². The minimum atomic E-state index is -2.55. The smallest absolute Gasteiger partial charge is 0.335 e. The van der Waals surface area contributed by atoms with Crippen LogP contribution in [-0.2, 0) is 19.6 Å². The van der Waals surface area contributed by atoms with Crippen molar-refractivity contribution in [1.29, 1.82) is 0 Å². The lowest BCUT2D eigenvalue weighted by Gasteiger charge is -2.41. The summed E-state index contributed by atoms with van der Waals surface area (Å²) >= 11 is 0. The summed E-state index contributed by atoms with van der Waals surface area (Å²) in [6.45, 7) is 1.74. The van der Waals surface area contributed by atoms with Crippen LogP contribution in [0.3, 0.4) is 0 Å². The van der Waals surface area contributed by atoms with Gasteiger partial charge in [-0.05, 0) is 67.3 Å². The van der Waals surface area contributed by atoms with Gasteiger partial charge in [-0.1, -0.05) is 36.8 Å². The van der Waals surface area contributed by atoms with Crippen molar-refractivity contribution in [1.82, 2.24) is 14.5 Å². The molecule has 5 aromatic rings. The zero-order chi connectivity index (χ0) is 31.0. The molecule has 226 valence electrons. The number of fused-ring (bicyclic) bond motifs is 1. The van der Waals surface area contributed by atoms with Gasteiger partial charge < -0.3 is 14.4 Å². The Balaban J connectivity index is 1.27. The lowest BCUT2D eigenvalue weighted by molar-refractivity contribution is -0.0714. The molecule has 1 N–H and O–H groups in total. The molecule has 1 aliphatic rings. The van der Waals surface area contributed by atoms with Gasteiger partial charge in [0, 0.05) is 35.6 Å². The molecule has 0 saturated heterocycles. The van der Waals surface area contributed by atoms with Crippen LogP contribution >= 0.6 is 0 Å². The quantitative estimate of drug-likeness (QED) is 0.164. The molecule has 1 aliphatic carbocycles. The van der Waals surface area contributed by atoms with E-state index in [1.54, 1.807) is 60.0 Å². The Kier molecular flexibility index (Phi) is 7.84. The number of carboxylic acids is 1. The molecule has 10 heteroatoms. The maximum atomic E-state index is 15.5. The lowest BCUT2D eigenvalue weighted by Crippen LogP contribution is -2.41. The average Bonchev–Trinajstić information content (AvgIpc) is 3.31. The minimum Gasteiger partial charge on any atom is -0.478 e. The number of benzene rings is 3. The molecule has 0 radical (unpaired) electrons. The number of alkyl halides is 2. The highest BCUT2D eigenvalue weighted by molar-refractivity contribution is 5.92. The number of carbonyl (C=O) groups is 1. The summed E-state index contributed by atoms with van der Waals surface area (Å²) < 4.78 is 65.3. The van der Waals surface area contributed by atoms with Gasteiger partial charge in [-0.25, -0.2) is 32.3 Å². The summed E-state index contributed by atoms with van der Waals surface area (Å²) in [5.41, 5.74) is 2.10. The summed E-state index contributed by atoms with van der Waals surface area (Å²) in [7, 11) is 0. The summed E-state index contributed by atoms with van der Waals surface area (Å²) in [6.07, 6.45) is -1.15. The van der Waals surface area contributed by atoms with Crippen LogP contribution in [-0.4, -0.2) is 32.0 Å². The zero-order valence-electron chi connectivity index (χ0n) is 23.9. The van der Waals surface area contributed by atoms with E-state index in [0.717, 1.165) is 5.56 Å². The molecule has 0 bridgehead atoms. The molecule has 0 aliphatic heterocycles. The van der Waals surface area contributed by atoms with Gasteiger partial charge in [-0.3, -0.25) is 0 Å². The van der Waals surface area contributed by atoms with Crippen molar-refractivity contribution in [2.75, 3.05) is 0 Å². The maximum Gasteiger partial charge on any atom is 0.335 e. The monoisotopic (exact) mass is 603 g/mol. The number of ether oxygens (including phenoxy) is 1. The van der Waals surface area contributed by atoms with Gasteiger partial charge in [0.2, 0.25) is 12.3 Å². The maximum absolute atomic E-state index is 15.5. The van der Waals surface area contributed by atoms with Gasteiger partial charge in [0.15, 0.2) is 0 Å². The molecule has 2 aromatic heterocycles. The van der Waals surface area contributed by atoms with Crippen molar-refractivity contribution >= 4 is 17.0 Å². The first-order valence-electron chi connectivity index (χ1n) is 14.3. The van der Waals surface area contributed by atoms with Crippen LogP contribution in [0.15, 0.2) is 72.8 Å². The van der Waals surface area contributed by atoms with Gasteiger partial charge >= 0.3 is 5.97 Å². The van der Waals surface area contributed by atoms with Gasteiger partial charge in [-0.15, -0.1) is 0 Å². The fourth-order valence-electron chi connectivity index (χ4n) is 5.61. The Morgan fingerprint density at radius 2 is 1.75 bits per heavy atom. The van der Waals surface area contributed by atoms with Crippen LogP contribution in [0, 0.1) is 24.0 Å². The van der Waals surface area contributed by atoms with Crippen LogP contribution in [0.1, 0.15) is 52.1 Å². The number of rotatable bonds is 10. The second kappa shape index (κ2) is 11.7. The van der Waals surface area contributed by atoms with E-state index in [1.807, 2.05) is 0 Å². The molecule has 2 heterocycles. The van der Waals surface area contributed by atoms with Crippen molar-refractivity contribution in [3.8, 4) is 17.1 Å². The Morgan fingerprint density at radius 1 is 0.977 bits per heavy atom. The number of aromatic nitrogens is 3. The third-order valence-corrected chi connectivity index (χ3v) is 8.36. The predicted octanol–water partition coefficient (Wildman–Crippen LogP) is 7.99. The van der Waals surface area contributed by atoms with E-state index in [9.17, 15) is 23.1 Å². The van der Waals surface area contributed by atoms with Crippen molar-refractivity contribution in [2.45, 2.75) is 52.2 Å². The van der Waals surface area contributed by atoms with E-state index >= 15 is 4.39 Å². The highest BCUT2D eigenvalue weighted by atomic mass is 19.3. The van der Waals surface area contributed by atoms with Crippen molar-refractivity contribution < 1.29 is 32.2 Å². The average molecular weight is 604 g/mol. The van der Waals surface area contributed by atoms with Crippen molar-refractivity contribution in [2.24, 2.45) is 5.41 Å². The number of halogens is 4. The normalized spacial score (nSPS) is 14.1. The first-order valence-corrected chi connectivity index (χ1v) is 14.3. The molecule has 0 unspecified atom stereocenters. The largest absolute Gasteiger partial charge is 0.478 e. The first kappa shape index (κ1) is 29.3. The molecule has 3 aromatic carbocycles.